The topological polar surface area (TPSA) is 72.7 Å². The van der Waals surface area contributed by atoms with Crippen molar-refractivity contribution in [2.75, 3.05) is 6.61 Å². The number of rotatable bonds is 7. The van der Waals surface area contributed by atoms with E-state index in [-0.39, 0.29) is 41.6 Å². The summed E-state index contributed by atoms with van der Waals surface area (Å²) in [5.41, 5.74) is -2.85. The molecule has 3 atom stereocenters. The normalized spacial score (nSPS) is 20.1. The van der Waals surface area contributed by atoms with E-state index >= 15 is 0 Å². The van der Waals surface area contributed by atoms with Crippen molar-refractivity contribution in [2.45, 2.75) is 76.7 Å². The van der Waals surface area contributed by atoms with Crippen LogP contribution in [0.25, 0.3) is 11.3 Å². The van der Waals surface area contributed by atoms with Crippen molar-refractivity contribution in [1.29, 1.82) is 0 Å². The van der Waals surface area contributed by atoms with Crippen molar-refractivity contribution < 1.29 is 45.7 Å². The van der Waals surface area contributed by atoms with Gasteiger partial charge in [0.05, 0.1) is 40.8 Å². The molecule has 2 aromatic rings. The van der Waals surface area contributed by atoms with Crippen LogP contribution in [0.5, 0.6) is 5.75 Å². The Bertz CT molecular complexity index is 1100. The van der Waals surface area contributed by atoms with Crippen molar-refractivity contribution in [1.82, 2.24) is 9.88 Å². The van der Waals surface area contributed by atoms with Crippen molar-refractivity contribution in [3.05, 3.63) is 41.1 Å². The zero-order valence-corrected chi connectivity index (χ0v) is 20.2. The summed E-state index contributed by atoms with van der Waals surface area (Å²) in [6, 6.07) is 2.01. The quantitative estimate of drug-likeness (QED) is 0.432. The second kappa shape index (κ2) is 10.2. The van der Waals surface area contributed by atoms with E-state index < -0.39 is 41.7 Å². The number of ether oxygens (including phenoxy) is 2. The van der Waals surface area contributed by atoms with Gasteiger partial charge in [0.25, 0.3) is 0 Å². The van der Waals surface area contributed by atoms with Gasteiger partial charge in [-0.1, -0.05) is 0 Å². The average molecular weight is 534 g/mol. The van der Waals surface area contributed by atoms with Gasteiger partial charge < -0.3 is 24.5 Å². The maximum atomic E-state index is 13.5. The number of amides is 1. The Labute approximate surface area is 209 Å². The van der Waals surface area contributed by atoms with E-state index in [1.165, 1.54) is 10.6 Å². The van der Waals surface area contributed by atoms with E-state index in [1.807, 2.05) is 0 Å². The molecule has 4 rings (SSSR count). The first-order valence-electron chi connectivity index (χ1n) is 12.0. The number of halogens is 6. The lowest BCUT2D eigenvalue weighted by Gasteiger charge is -2.19. The Morgan fingerprint density at radius 3 is 2.24 bits per heavy atom. The van der Waals surface area contributed by atoms with Gasteiger partial charge in [0.15, 0.2) is 5.75 Å². The molecule has 1 saturated heterocycles. The van der Waals surface area contributed by atoms with Gasteiger partial charge in [0.2, 0.25) is 0 Å². The fourth-order valence-corrected chi connectivity index (χ4v) is 4.54. The highest BCUT2D eigenvalue weighted by molar-refractivity contribution is 5.73. The van der Waals surface area contributed by atoms with Gasteiger partial charge in [-0.25, -0.2) is 4.79 Å². The molecule has 37 heavy (non-hydrogen) atoms. The number of carbonyl (C=O) groups excluding carboxylic acids is 1. The number of benzene rings is 1. The van der Waals surface area contributed by atoms with E-state index in [4.69, 9.17) is 9.47 Å². The minimum Gasteiger partial charge on any atom is -0.408 e. The van der Waals surface area contributed by atoms with Crippen LogP contribution in [0.1, 0.15) is 49.4 Å². The van der Waals surface area contributed by atoms with Gasteiger partial charge in [-0.05, 0) is 69.2 Å². The molecule has 2 heterocycles. The standard InChI is InChI=1S/C25H28F6N2O4/c1-13(22(34)15-5-6-15)32-23(35)37-21-11-20(33(14(21)2)12-19-4-3-7-36-19)16-8-17(24(26,27)28)10-18(9-16)25(29,30)31/h8-11,13,15,19,22,34H,3-7,12H2,1-2H3,(H,32,35)/t13?,19-,22?/m1/s1. The van der Waals surface area contributed by atoms with E-state index in [0.717, 1.165) is 19.3 Å². The summed E-state index contributed by atoms with van der Waals surface area (Å²) < 4.78 is 93.5. The van der Waals surface area contributed by atoms with Crippen LogP contribution in [0, 0.1) is 12.8 Å². The van der Waals surface area contributed by atoms with E-state index in [1.54, 1.807) is 13.8 Å². The zero-order valence-electron chi connectivity index (χ0n) is 20.2. The smallest absolute Gasteiger partial charge is 0.408 e. The fraction of sp³-hybridized carbons (Fsp3) is 0.560. The van der Waals surface area contributed by atoms with Crippen LogP contribution in [0.3, 0.4) is 0 Å². The van der Waals surface area contributed by atoms with Crippen molar-refractivity contribution >= 4 is 6.09 Å². The molecule has 1 amide bonds. The highest BCUT2D eigenvalue weighted by Crippen LogP contribution is 2.41. The molecular formula is C25H28F6N2O4. The van der Waals surface area contributed by atoms with Gasteiger partial charge in [0, 0.05) is 19.2 Å². The summed E-state index contributed by atoms with van der Waals surface area (Å²) in [7, 11) is 0. The molecule has 2 unspecified atom stereocenters. The van der Waals surface area contributed by atoms with Crippen LogP contribution in [-0.4, -0.2) is 40.6 Å². The Hall–Kier alpha value is -2.73. The van der Waals surface area contributed by atoms with E-state index in [9.17, 15) is 36.2 Å². The maximum Gasteiger partial charge on any atom is 0.416 e. The van der Waals surface area contributed by atoms with Crippen molar-refractivity contribution in [2.24, 2.45) is 5.92 Å². The van der Waals surface area contributed by atoms with Crippen molar-refractivity contribution in [3.8, 4) is 17.0 Å². The van der Waals surface area contributed by atoms with Crippen LogP contribution < -0.4 is 10.1 Å². The van der Waals surface area contributed by atoms with Crippen LogP contribution in [-0.2, 0) is 23.6 Å². The second-order valence-electron chi connectivity index (χ2n) is 9.67. The summed E-state index contributed by atoms with van der Waals surface area (Å²) in [6.45, 7) is 3.82. The third kappa shape index (κ3) is 6.40. The molecule has 1 aromatic carbocycles. The highest BCUT2D eigenvalue weighted by atomic mass is 19.4. The SMILES string of the molecule is Cc1c(OC(=O)NC(C)C(O)C2CC2)cc(-c2cc(C(F)(F)F)cc(C(F)(F)F)c2)n1C[C@H]1CCCO1. The Balaban J connectivity index is 1.70. The number of aliphatic hydroxyl groups excluding tert-OH is 1. The van der Waals surface area contributed by atoms with E-state index in [2.05, 4.69) is 5.32 Å². The largest absolute Gasteiger partial charge is 0.416 e. The summed E-state index contributed by atoms with van der Waals surface area (Å²) in [6.07, 6.45) is -8.80. The Morgan fingerprint density at radius 2 is 1.73 bits per heavy atom. The monoisotopic (exact) mass is 534 g/mol. The first-order valence-corrected chi connectivity index (χ1v) is 12.0. The summed E-state index contributed by atoms with van der Waals surface area (Å²) in [5.74, 6) is 0.0736. The van der Waals surface area contributed by atoms with Gasteiger partial charge >= 0.3 is 18.4 Å². The fourth-order valence-electron chi connectivity index (χ4n) is 4.54. The second-order valence-corrected chi connectivity index (χ2v) is 9.67. The lowest BCUT2D eigenvalue weighted by molar-refractivity contribution is -0.143. The molecule has 2 N–H and O–H groups in total. The molecule has 1 aromatic heterocycles. The maximum absolute atomic E-state index is 13.5. The number of alkyl halides is 6. The van der Waals surface area contributed by atoms with Crippen LogP contribution >= 0.6 is 0 Å². The Morgan fingerprint density at radius 1 is 1.11 bits per heavy atom. The lowest BCUT2D eigenvalue weighted by Crippen LogP contribution is -2.43. The number of nitrogens with zero attached hydrogens (tertiary/aromatic N) is 1. The first kappa shape index (κ1) is 27.3. The summed E-state index contributed by atoms with van der Waals surface area (Å²) in [5, 5.41) is 12.7. The molecule has 6 nitrogen and oxygen atoms in total. The summed E-state index contributed by atoms with van der Waals surface area (Å²) >= 11 is 0. The van der Waals surface area contributed by atoms with Crippen LogP contribution in [0.2, 0.25) is 0 Å². The zero-order chi connectivity index (χ0) is 27.1. The number of aromatic nitrogens is 1. The lowest BCUT2D eigenvalue weighted by atomic mass is 10.0. The third-order valence-electron chi connectivity index (χ3n) is 6.78. The molecular weight excluding hydrogens is 506 g/mol. The van der Waals surface area contributed by atoms with Crippen molar-refractivity contribution in [3.63, 3.8) is 0 Å². The molecule has 1 saturated carbocycles. The number of nitrogens with one attached hydrogen (secondary N) is 1. The first-order chi connectivity index (χ1) is 17.2. The van der Waals surface area contributed by atoms with Crippen LogP contribution in [0.4, 0.5) is 31.1 Å². The van der Waals surface area contributed by atoms with Gasteiger partial charge in [-0.2, -0.15) is 26.3 Å². The molecule has 204 valence electrons. The average Bonchev–Trinajstić information content (AvgIpc) is 3.45. The highest BCUT2D eigenvalue weighted by Gasteiger charge is 2.38. The third-order valence-corrected chi connectivity index (χ3v) is 6.78. The van der Waals surface area contributed by atoms with Crippen LogP contribution in [0.15, 0.2) is 24.3 Å². The Kier molecular flexibility index (Phi) is 7.53. The molecule has 1 aliphatic carbocycles. The number of aliphatic hydroxyl groups is 1. The predicted molar refractivity (Wildman–Crippen MR) is 121 cm³/mol. The predicted octanol–water partition coefficient (Wildman–Crippen LogP) is 5.93. The number of carbonyl (C=O) groups is 1. The molecule has 12 heteroatoms. The molecule has 2 fully saturated rings. The van der Waals surface area contributed by atoms with Gasteiger partial charge in [-0.3, -0.25) is 0 Å². The number of hydrogen-bond acceptors (Lipinski definition) is 4. The molecule has 0 bridgehead atoms. The minimum atomic E-state index is -5.01. The van der Waals surface area contributed by atoms with E-state index in [0.29, 0.717) is 30.9 Å². The molecule has 2 aliphatic rings. The van der Waals surface area contributed by atoms with Gasteiger partial charge in [0.1, 0.15) is 0 Å². The summed E-state index contributed by atoms with van der Waals surface area (Å²) in [4.78, 5) is 12.5. The molecule has 0 spiro atoms. The minimum absolute atomic E-state index is 0.0235. The molecule has 1 aliphatic heterocycles. The molecule has 0 radical (unpaired) electrons. The number of hydrogen-bond donors (Lipinski definition) is 2. The van der Waals surface area contributed by atoms with Gasteiger partial charge in [-0.15, -0.1) is 0 Å².